The van der Waals surface area contributed by atoms with Crippen LogP contribution in [0.15, 0.2) is 18.3 Å². The molecule has 1 heterocycles. The van der Waals surface area contributed by atoms with Crippen molar-refractivity contribution >= 4 is 17.3 Å². The number of hydrogen-bond acceptors (Lipinski definition) is 3. The minimum atomic E-state index is 0.0691. The Kier molecular flexibility index (Phi) is 3.72. The molecule has 1 aromatic rings. The van der Waals surface area contributed by atoms with Crippen molar-refractivity contribution in [2.75, 3.05) is 18.9 Å². The lowest BCUT2D eigenvalue weighted by molar-refractivity contribution is 0.448. The van der Waals surface area contributed by atoms with Gasteiger partial charge in [0.1, 0.15) is 5.15 Å². The molecule has 0 saturated heterocycles. The van der Waals surface area contributed by atoms with Crippen molar-refractivity contribution in [1.82, 2.24) is 10.3 Å². The van der Waals surface area contributed by atoms with Crippen LogP contribution in [0.1, 0.15) is 13.8 Å². The highest BCUT2D eigenvalue weighted by Gasteiger charge is 2.13. The van der Waals surface area contributed by atoms with E-state index < -0.39 is 0 Å². The summed E-state index contributed by atoms with van der Waals surface area (Å²) in [6.45, 7) is 5.10. The fourth-order valence-corrected chi connectivity index (χ4v) is 1.00. The third kappa shape index (κ3) is 3.52. The summed E-state index contributed by atoms with van der Waals surface area (Å²) >= 11 is 5.68. The average molecular weight is 214 g/mol. The van der Waals surface area contributed by atoms with Crippen LogP contribution >= 0.6 is 11.6 Å². The first-order valence-electron chi connectivity index (χ1n) is 4.58. The Hall–Kier alpha value is -0.800. The molecule has 2 N–H and O–H groups in total. The molecule has 0 atom stereocenters. The Labute approximate surface area is 89.9 Å². The number of aromatic nitrogens is 1. The molecular formula is C10H16ClN3. The molecule has 4 heteroatoms. The molecule has 0 saturated carbocycles. The molecular weight excluding hydrogens is 198 g/mol. The first-order chi connectivity index (χ1) is 6.53. The Morgan fingerprint density at radius 1 is 1.43 bits per heavy atom. The van der Waals surface area contributed by atoms with Crippen molar-refractivity contribution in [1.29, 1.82) is 0 Å². The Bertz CT molecular complexity index is 282. The minimum Gasteiger partial charge on any atom is -0.382 e. The fourth-order valence-electron chi connectivity index (χ4n) is 0.892. The zero-order valence-corrected chi connectivity index (χ0v) is 9.52. The van der Waals surface area contributed by atoms with Gasteiger partial charge < -0.3 is 10.6 Å². The highest BCUT2D eigenvalue weighted by atomic mass is 35.5. The second-order valence-electron chi connectivity index (χ2n) is 3.86. The van der Waals surface area contributed by atoms with Gasteiger partial charge >= 0.3 is 0 Å². The van der Waals surface area contributed by atoms with Crippen LogP contribution in [0.4, 0.5) is 5.69 Å². The van der Waals surface area contributed by atoms with Gasteiger partial charge in [0.15, 0.2) is 0 Å². The van der Waals surface area contributed by atoms with Gasteiger partial charge in [0, 0.05) is 12.1 Å². The molecule has 78 valence electrons. The van der Waals surface area contributed by atoms with E-state index in [2.05, 4.69) is 29.5 Å². The largest absolute Gasteiger partial charge is 0.382 e. The van der Waals surface area contributed by atoms with Crippen LogP contribution in [-0.4, -0.2) is 24.1 Å². The first kappa shape index (κ1) is 11.3. The standard InChI is InChI=1S/C10H16ClN3/c1-10(2,12-3)7-14-8-4-5-9(11)13-6-8/h4-6,12,14H,7H2,1-3H3. The van der Waals surface area contributed by atoms with Crippen LogP contribution < -0.4 is 10.6 Å². The van der Waals surface area contributed by atoms with Crippen molar-refractivity contribution in [3.05, 3.63) is 23.5 Å². The zero-order valence-electron chi connectivity index (χ0n) is 8.76. The van der Waals surface area contributed by atoms with E-state index in [4.69, 9.17) is 11.6 Å². The van der Waals surface area contributed by atoms with Gasteiger partial charge in [-0.15, -0.1) is 0 Å². The monoisotopic (exact) mass is 213 g/mol. The van der Waals surface area contributed by atoms with Crippen molar-refractivity contribution in [2.45, 2.75) is 19.4 Å². The summed E-state index contributed by atoms with van der Waals surface area (Å²) in [5.41, 5.74) is 1.05. The minimum absolute atomic E-state index is 0.0691. The normalized spacial score (nSPS) is 11.4. The van der Waals surface area contributed by atoms with E-state index in [1.807, 2.05) is 13.1 Å². The van der Waals surface area contributed by atoms with Gasteiger partial charge in [-0.2, -0.15) is 0 Å². The molecule has 0 aliphatic rings. The average Bonchev–Trinajstić information content (AvgIpc) is 2.17. The molecule has 0 bridgehead atoms. The molecule has 0 aromatic carbocycles. The zero-order chi connectivity index (χ0) is 10.6. The Balaban J connectivity index is 2.50. The van der Waals surface area contributed by atoms with Gasteiger partial charge in [0.2, 0.25) is 0 Å². The molecule has 0 aliphatic carbocycles. The number of nitrogens with one attached hydrogen (secondary N) is 2. The molecule has 1 aromatic heterocycles. The van der Waals surface area contributed by atoms with E-state index in [1.165, 1.54) is 0 Å². The van der Waals surface area contributed by atoms with Crippen molar-refractivity contribution in [3.63, 3.8) is 0 Å². The summed E-state index contributed by atoms with van der Waals surface area (Å²) in [5.74, 6) is 0. The third-order valence-corrected chi connectivity index (χ3v) is 2.36. The van der Waals surface area contributed by atoms with Gasteiger partial charge in [0.25, 0.3) is 0 Å². The quantitative estimate of drug-likeness (QED) is 0.753. The summed E-state index contributed by atoms with van der Waals surface area (Å²) in [5, 5.41) is 7.01. The van der Waals surface area contributed by atoms with E-state index in [1.54, 1.807) is 12.3 Å². The van der Waals surface area contributed by atoms with Gasteiger partial charge in [-0.3, -0.25) is 0 Å². The SMILES string of the molecule is CNC(C)(C)CNc1ccc(Cl)nc1. The van der Waals surface area contributed by atoms with Crippen LogP contribution in [0, 0.1) is 0 Å². The molecule has 0 amide bonds. The lowest BCUT2D eigenvalue weighted by Gasteiger charge is -2.24. The number of rotatable bonds is 4. The molecule has 0 unspecified atom stereocenters. The van der Waals surface area contributed by atoms with E-state index in [0.29, 0.717) is 5.15 Å². The Morgan fingerprint density at radius 2 is 2.14 bits per heavy atom. The third-order valence-electron chi connectivity index (χ3n) is 2.14. The van der Waals surface area contributed by atoms with Crippen molar-refractivity contribution < 1.29 is 0 Å². The maximum atomic E-state index is 5.68. The van der Waals surface area contributed by atoms with E-state index in [0.717, 1.165) is 12.2 Å². The molecule has 3 nitrogen and oxygen atoms in total. The first-order valence-corrected chi connectivity index (χ1v) is 4.96. The highest BCUT2D eigenvalue weighted by Crippen LogP contribution is 2.11. The number of anilines is 1. The van der Waals surface area contributed by atoms with E-state index in [-0.39, 0.29) is 5.54 Å². The second kappa shape index (κ2) is 4.62. The lowest BCUT2D eigenvalue weighted by Crippen LogP contribution is -2.42. The summed E-state index contributed by atoms with van der Waals surface area (Å²) in [4.78, 5) is 3.99. The van der Waals surface area contributed by atoms with Gasteiger partial charge in [0.05, 0.1) is 11.9 Å². The maximum absolute atomic E-state index is 5.68. The van der Waals surface area contributed by atoms with Gasteiger partial charge in [-0.05, 0) is 33.0 Å². The fraction of sp³-hybridized carbons (Fsp3) is 0.500. The van der Waals surface area contributed by atoms with Crippen LogP contribution in [0.2, 0.25) is 5.15 Å². The van der Waals surface area contributed by atoms with E-state index >= 15 is 0 Å². The number of halogens is 1. The number of nitrogens with zero attached hydrogens (tertiary/aromatic N) is 1. The van der Waals surface area contributed by atoms with Crippen LogP contribution in [0.25, 0.3) is 0 Å². The summed E-state index contributed by atoms with van der Waals surface area (Å²) in [7, 11) is 1.95. The molecule has 0 spiro atoms. The van der Waals surface area contributed by atoms with Gasteiger partial charge in [-0.1, -0.05) is 11.6 Å². The van der Waals surface area contributed by atoms with Crippen molar-refractivity contribution in [3.8, 4) is 0 Å². The number of hydrogen-bond donors (Lipinski definition) is 2. The maximum Gasteiger partial charge on any atom is 0.129 e. The second-order valence-corrected chi connectivity index (χ2v) is 4.24. The van der Waals surface area contributed by atoms with Gasteiger partial charge in [-0.25, -0.2) is 4.98 Å². The van der Waals surface area contributed by atoms with Crippen LogP contribution in [0.5, 0.6) is 0 Å². The summed E-state index contributed by atoms with van der Waals surface area (Å²) in [6, 6.07) is 3.69. The number of pyridine rings is 1. The summed E-state index contributed by atoms with van der Waals surface area (Å²) < 4.78 is 0. The molecule has 0 fully saturated rings. The summed E-state index contributed by atoms with van der Waals surface area (Å²) in [6.07, 6.45) is 1.73. The molecule has 0 radical (unpaired) electrons. The number of likely N-dealkylation sites (N-methyl/N-ethyl adjacent to an activating group) is 1. The predicted octanol–water partition coefficient (Wildman–Crippen LogP) is 2.14. The van der Waals surface area contributed by atoms with Crippen molar-refractivity contribution in [2.24, 2.45) is 0 Å². The van der Waals surface area contributed by atoms with E-state index in [9.17, 15) is 0 Å². The van der Waals surface area contributed by atoms with Crippen LogP contribution in [-0.2, 0) is 0 Å². The molecule has 0 aliphatic heterocycles. The molecule has 1 rings (SSSR count). The predicted molar refractivity (Wildman–Crippen MR) is 60.9 cm³/mol. The molecule has 14 heavy (non-hydrogen) atoms. The lowest BCUT2D eigenvalue weighted by atomic mass is 10.1. The smallest absolute Gasteiger partial charge is 0.129 e. The van der Waals surface area contributed by atoms with Crippen LogP contribution in [0.3, 0.4) is 0 Å². The highest BCUT2D eigenvalue weighted by molar-refractivity contribution is 6.29. The Morgan fingerprint density at radius 3 is 2.64 bits per heavy atom. The topological polar surface area (TPSA) is 37.0 Å².